The number of benzene rings is 1. The molecule has 7 heteroatoms. The number of hydrogen-bond donors (Lipinski definition) is 0. The average molecular weight is 308 g/mol. The van der Waals surface area contributed by atoms with Gasteiger partial charge in [-0.15, -0.1) is 0 Å². The minimum absolute atomic E-state index is 0.0975. The van der Waals surface area contributed by atoms with Gasteiger partial charge >= 0.3 is 5.97 Å². The lowest BCUT2D eigenvalue weighted by atomic mass is 10.2. The predicted molar refractivity (Wildman–Crippen MR) is 75.6 cm³/mol. The van der Waals surface area contributed by atoms with E-state index in [9.17, 15) is 9.18 Å². The summed E-state index contributed by atoms with van der Waals surface area (Å²) in [6.45, 7) is 3.38. The van der Waals surface area contributed by atoms with Crippen molar-refractivity contribution in [1.29, 1.82) is 0 Å². The number of hydrogen-bond acceptors (Lipinski definition) is 6. The number of rotatable bonds is 3. The van der Waals surface area contributed by atoms with Gasteiger partial charge < -0.3 is 13.9 Å². The Bertz CT molecular complexity index is 687. The maximum absolute atomic E-state index is 13.2. The normalized spacial score (nSPS) is 22.9. The highest BCUT2D eigenvalue weighted by atomic mass is 19.1. The van der Waals surface area contributed by atoms with Crippen LogP contribution in [0.25, 0.3) is 11.1 Å². The Kier molecular flexibility index (Phi) is 4.08. The van der Waals surface area contributed by atoms with Gasteiger partial charge in [-0.2, -0.15) is 0 Å². The van der Waals surface area contributed by atoms with Crippen LogP contribution in [0.4, 0.5) is 4.39 Å². The highest BCUT2D eigenvalue weighted by molar-refractivity contribution is 5.75. The van der Waals surface area contributed by atoms with E-state index in [0.29, 0.717) is 36.6 Å². The molecule has 0 spiro atoms. The summed E-state index contributed by atoms with van der Waals surface area (Å²) >= 11 is 0. The molecule has 1 fully saturated rings. The summed E-state index contributed by atoms with van der Waals surface area (Å²) in [4.78, 5) is 18.0. The number of morpholine rings is 1. The van der Waals surface area contributed by atoms with E-state index >= 15 is 0 Å². The first kappa shape index (κ1) is 14.9. The van der Waals surface area contributed by atoms with Crippen molar-refractivity contribution in [2.24, 2.45) is 0 Å². The zero-order valence-corrected chi connectivity index (χ0v) is 12.4. The summed E-state index contributed by atoms with van der Waals surface area (Å²) in [5.41, 5.74) is 1.03. The van der Waals surface area contributed by atoms with Crippen LogP contribution < -0.4 is 0 Å². The van der Waals surface area contributed by atoms with E-state index in [4.69, 9.17) is 13.9 Å². The van der Waals surface area contributed by atoms with E-state index < -0.39 is 12.1 Å². The number of carbonyl (C=O) groups is 1. The Morgan fingerprint density at radius 1 is 1.50 bits per heavy atom. The largest absolute Gasteiger partial charge is 0.467 e. The topological polar surface area (TPSA) is 64.8 Å². The first-order valence-electron chi connectivity index (χ1n) is 7.06. The lowest BCUT2D eigenvalue weighted by molar-refractivity contribution is -0.166. The van der Waals surface area contributed by atoms with Gasteiger partial charge in [-0.1, -0.05) is 0 Å². The van der Waals surface area contributed by atoms with Crippen LogP contribution in [0.2, 0.25) is 0 Å². The summed E-state index contributed by atoms with van der Waals surface area (Å²) < 4.78 is 29.0. The summed E-state index contributed by atoms with van der Waals surface area (Å²) in [6.07, 6.45) is -0.713. The van der Waals surface area contributed by atoms with Crippen molar-refractivity contribution < 1.29 is 23.1 Å². The molecule has 1 aliphatic heterocycles. The molecule has 2 aromatic rings. The van der Waals surface area contributed by atoms with Gasteiger partial charge in [0.15, 0.2) is 11.7 Å². The van der Waals surface area contributed by atoms with Gasteiger partial charge in [0.1, 0.15) is 11.3 Å². The summed E-state index contributed by atoms with van der Waals surface area (Å²) in [5.74, 6) is -0.268. The summed E-state index contributed by atoms with van der Waals surface area (Å²) in [5, 5.41) is 0. The van der Waals surface area contributed by atoms with Crippen molar-refractivity contribution in [2.75, 3.05) is 20.2 Å². The van der Waals surface area contributed by atoms with Gasteiger partial charge in [-0.25, -0.2) is 14.2 Å². The van der Waals surface area contributed by atoms with Crippen molar-refractivity contribution in [3.63, 3.8) is 0 Å². The van der Waals surface area contributed by atoms with Crippen molar-refractivity contribution >= 4 is 17.1 Å². The van der Waals surface area contributed by atoms with E-state index in [1.165, 1.54) is 19.2 Å². The molecule has 1 aliphatic rings. The number of fused-ring (bicyclic) bond motifs is 1. The Morgan fingerprint density at radius 2 is 2.32 bits per heavy atom. The van der Waals surface area contributed by atoms with E-state index in [1.807, 2.05) is 11.8 Å². The zero-order valence-electron chi connectivity index (χ0n) is 12.4. The number of esters is 1. The number of methoxy groups -OCH3 is 1. The van der Waals surface area contributed by atoms with E-state index in [2.05, 4.69) is 4.98 Å². The fraction of sp³-hybridized carbons (Fsp3) is 0.467. The lowest BCUT2D eigenvalue weighted by Gasteiger charge is -2.34. The molecule has 6 nitrogen and oxygen atoms in total. The summed E-state index contributed by atoms with van der Waals surface area (Å²) in [7, 11) is 1.34. The van der Waals surface area contributed by atoms with Crippen LogP contribution in [0.15, 0.2) is 22.6 Å². The number of ether oxygens (including phenoxy) is 2. The molecule has 1 aromatic carbocycles. The maximum atomic E-state index is 13.2. The Balaban J connectivity index is 1.74. The molecule has 22 heavy (non-hydrogen) atoms. The van der Waals surface area contributed by atoms with Crippen LogP contribution >= 0.6 is 0 Å². The molecule has 1 saturated heterocycles. The first-order chi connectivity index (χ1) is 10.5. The zero-order chi connectivity index (χ0) is 15.7. The van der Waals surface area contributed by atoms with Crippen molar-refractivity contribution in [3.8, 4) is 0 Å². The van der Waals surface area contributed by atoms with Gasteiger partial charge in [-0.05, 0) is 19.1 Å². The maximum Gasteiger partial charge on any atom is 0.336 e. The molecule has 0 saturated carbocycles. The molecule has 2 heterocycles. The van der Waals surface area contributed by atoms with Gasteiger partial charge in [0.2, 0.25) is 5.89 Å². The van der Waals surface area contributed by atoms with Gasteiger partial charge in [-0.3, -0.25) is 4.90 Å². The van der Waals surface area contributed by atoms with Crippen LogP contribution in [-0.2, 0) is 20.8 Å². The van der Waals surface area contributed by atoms with Crippen LogP contribution in [0, 0.1) is 5.82 Å². The minimum Gasteiger partial charge on any atom is -0.467 e. The molecule has 0 N–H and O–H groups in total. The van der Waals surface area contributed by atoms with Crippen molar-refractivity contribution in [1.82, 2.24) is 9.88 Å². The van der Waals surface area contributed by atoms with E-state index in [0.717, 1.165) is 0 Å². The molecule has 0 unspecified atom stereocenters. The molecule has 0 amide bonds. The third-order valence-electron chi connectivity index (χ3n) is 3.55. The lowest BCUT2D eigenvalue weighted by Crippen LogP contribution is -2.49. The standard InChI is InChI=1S/C15H17FN2O4/c1-9-6-18(7-13(21-9)15(19)20-2)8-14-17-11-4-3-10(16)5-12(11)22-14/h3-5,9,13H,6-8H2,1-2H3/t9-,13-/m1/s1. The van der Waals surface area contributed by atoms with Crippen LogP contribution in [0.3, 0.4) is 0 Å². The Morgan fingerprint density at radius 3 is 3.09 bits per heavy atom. The van der Waals surface area contributed by atoms with Gasteiger partial charge in [0.25, 0.3) is 0 Å². The van der Waals surface area contributed by atoms with Crippen molar-refractivity contribution in [3.05, 3.63) is 29.9 Å². The molecular weight excluding hydrogens is 291 g/mol. The highest BCUT2D eigenvalue weighted by Gasteiger charge is 2.31. The Hall–Kier alpha value is -1.99. The van der Waals surface area contributed by atoms with Crippen LogP contribution in [0.1, 0.15) is 12.8 Å². The number of carbonyl (C=O) groups excluding carboxylic acids is 1. The number of halogens is 1. The molecular formula is C15H17FN2O4. The fourth-order valence-electron chi connectivity index (χ4n) is 2.63. The second kappa shape index (κ2) is 6.02. The monoisotopic (exact) mass is 308 g/mol. The Labute approximate surface area is 126 Å². The first-order valence-corrected chi connectivity index (χ1v) is 7.06. The SMILES string of the molecule is COC(=O)[C@H]1CN(Cc2nc3ccc(F)cc3o2)C[C@@H](C)O1. The molecule has 0 radical (unpaired) electrons. The molecule has 0 bridgehead atoms. The minimum atomic E-state index is -0.615. The van der Waals surface area contributed by atoms with Crippen molar-refractivity contribution in [2.45, 2.75) is 25.7 Å². The quantitative estimate of drug-likeness (QED) is 0.805. The third-order valence-corrected chi connectivity index (χ3v) is 3.55. The highest BCUT2D eigenvalue weighted by Crippen LogP contribution is 2.20. The fourth-order valence-corrected chi connectivity index (χ4v) is 2.63. The number of aromatic nitrogens is 1. The average Bonchev–Trinajstić information content (AvgIpc) is 2.86. The molecule has 1 aromatic heterocycles. The number of oxazole rings is 1. The smallest absolute Gasteiger partial charge is 0.336 e. The third kappa shape index (κ3) is 3.10. The second-order valence-corrected chi connectivity index (χ2v) is 5.37. The summed E-state index contributed by atoms with van der Waals surface area (Å²) in [6, 6.07) is 4.24. The van der Waals surface area contributed by atoms with Gasteiger partial charge in [0.05, 0.1) is 19.8 Å². The second-order valence-electron chi connectivity index (χ2n) is 5.37. The molecule has 2 atom stereocenters. The number of nitrogens with zero attached hydrogens (tertiary/aromatic N) is 2. The molecule has 3 rings (SSSR count). The van der Waals surface area contributed by atoms with Crippen LogP contribution in [0.5, 0.6) is 0 Å². The molecule has 118 valence electrons. The van der Waals surface area contributed by atoms with Gasteiger partial charge in [0, 0.05) is 19.2 Å². The predicted octanol–water partition coefficient (Wildman–Crippen LogP) is 1.73. The molecule has 0 aliphatic carbocycles. The van der Waals surface area contributed by atoms with E-state index in [1.54, 1.807) is 6.07 Å². The van der Waals surface area contributed by atoms with Crippen LogP contribution in [-0.4, -0.2) is 48.3 Å². The van der Waals surface area contributed by atoms with E-state index in [-0.39, 0.29) is 11.9 Å².